The third kappa shape index (κ3) is 5.28. The Morgan fingerprint density at radius 1 is 0.328 bits per heavy atom. The molecular formula is C61H41N3. The first kappa shape index (κ1) is 31.4. The van der Waals surface area contributed by atoms with Crippen molar-refractivity contribution >= 4 is 55.9 Å². The zero-order valence-electron chi connectivity index (χ0n) is 39.6. The Kier molecular flexibility index (Phi) is 7.04. The van der Waals surface area contributed by atoms with E-state index < -0.39 is 11.5 Å². The van der Waals surface area contributed by atoms with Crippen molar-refractivity contribution in [3.05, 3.63) is 271 Å². The van der Waals surface area contributed by atoms with Gasteiger partial charge in [0, 0.05) is 50.6 Å². The monoisotopic (exact) mass is 820 g/mol. The minimum absolute atomic E-state index is 0.0944. The van der Waals surface area contributed by atoms with Crippen molar-refractivity contribution in [2.24, 2.45) is 0 Å². The maximum absolute atomic E-state index is 9.15. The van der Waals surface area contributed by atoms with Crippen molar-refractivity contribution in [1.82, 2.24) is 4.57 Å². The van der Waals surface area contributed by atoms with Crippen LogP contribution in [0.1, 0.15) is 29.1 Å². The van der Waals surface area contributed by atoms with Crippen LogP contribution >= 0.6 is 0 Å². The molecule has 0 bridgehead atoms. The highest BCUT2D eigenvalue weighted by molar-refractivity contribution is 6.10. The number of fused-ring (bicyclic) bond motifs is 13. The van der Waals surface area contributed by atoms with E-state index in [1.165, 1.54) is 16.3 Å². The molecule has 10 aromatic carbocycles. The Hall–Kier alpha value is -8.40. The Labute approximate surface area is 380 Å². The molecular weight excluding hydrogens is 775 g/mol. The first-order valence-electron chi connectivity index (χ1n) is 24.2. The number of aromatic nitrogens is 1. The lowest BCUT2D eigenvalue weighted by Gasteiger charge is -2.32. The molecule has 1 spiro atoms. The summed E-state index contributed by atoms with van der Waals surface area (Å²) < 4.78 is 46.4. The van der Waals surface area contributed by atoms with Gasteiger partial charge >= 0.3 is 0 Å². The molecule has 300 valence electrons. The topological polar surface area (TPSA) is 11.4 Å². The number of hydrogen-bond acceptors (Lipinski definition) is 2. The van der Waals surface area contributed by atoms with E-state index in [9.17, 15) is 0 Å². The molecule has 13 rings (SSSR count). The summed E-state index contributed by atoms with van der Waals surface area (Å²) in [5, 5.41) is 2.39. The number of nitrogens with zero attached hydrogens (tertiary/aromatic N) is 3. The lowest BCUT2D eigenvalue weighted by atomic mass is 9.70. The second-order valence-corrected chi connectivity index (χ2v) is 16.5. The number of benzene rings is 10. The fraction of sp³-hybridized carbons (Fsp3) is 0.0164. The quantitative estimate of drug-likeness (QED) is 0.159. The van der Waals surface area contributed by atoms with Crippen molar-refractivity contribution in [2.75, 3.05) is 9.80 Å². The SMILES string of the molecule is [2H]c1c([2H])c([2H])c(N(c2ccccc2)c2ccc3c(c2)C2(c4ccccc4-c4cc(N(c5ccccc5)c5ccc6c7ccccc7n(-c7ccccc7)c6c5)ccc42)c2ccccc2-3)c([2H])c1[2H]. The Bertz CT molecular complexity index is 3840. The molecule has 2 aliphatic carbocycles. The average Bonchev–Trinajstić information content (AvgIpc) is 4.00. The molecule has 0 N–H and O–H groups in total. The molecule has 1 unspecified atom stereocenters. The summed E-state index contributed by atoms with van der Waals surface area (Å²) in [6, 6.07) is 75.0. The van der Waals surface area contributed by atoms with Gasteiger partial charge in [-0.25, -0.2) is 0 Å². The second kappa shape index (κ2) is 14.3. The van der Waals surface area contributed by atoms with Gasteiger partial charge in [0.25, 0.3) is 0 Å². The minimum Gasteiger partial charge on any atom is -0.310 e. The highest BCUT2D eigenvalue weighted by Crippen LogP contribution is 2.64. The molecule has 1 atom stereocenters. The largest absolute Gasteiger partial charge is 0.310 e. The zero-order valence-corrected chi connectivity index (χ0v) is 34.6. The maximum atomic E-state index is 9.15. The third-order valence-corrected chi connectivity index (χ3v) is 13.2. The van der Waals surface area contributed by atoms with E-state index in [2.05, 4.69) is 191 Å². The maximum Gasteiger partial charge on any atom is 0.0726 e. The van der Waals surface area contributed by atoms with E-state index in [1.54, 1.807) is 0 Å². The van der Waals surface area contributed by atoms with Gasteiger partial charge in [-0.15, -0.1) is 0 Å². The predicted molar refractivity (Wildman–Crippen MR) is 266 cm³/mol. The molecule has 0 amide bonds. The lowest BCUT2D eigenvalue weighted by molar-refractivity contribution is 0.793. The Balaban J connectivity index is 1.04. The summed E-state index contributed by atoms with van der Waals surface area (Å²) in [6.45, 7) is 0. The van der Waals surface area contributed by atoms with Gasteiger partial charge in [0.1, 0.15) is 0 Å². The van der Waals surface area contributed by atoms with Crippen LogP contribution < -0.4 is 9.80 Å². The van der Waals surface area contributed by atoms with Crippen LogP contribution in [0.5, 0.6) is 0 Å². The fourth-order valence-electron chi connectivity index (χ4n) is 10.7. The highest BCUT2D eigenvalue weighted by Gasteiger charge is 2.52. The first-order chi connectivity index (χ1) is 33.8. The molecule has 0 radical (unpaired) electrons. The van der Waals surface area contributed by atoms with Gasteiger partial charge < -0.3 is 14.4 Å². The third-order valence-electron chi connectivity index (χ3n) is 13.2. The van der Waals surface area contributed by atoms with Crippen LogP contribution in [0.15, 0.2) is 249 Å². The molecule has 1 heterocycles. The Morgan fingerprint density at radius 3 is 1.55 bits per heavy atom. The van der Waals surface area contributed by atoms with Crippen molar-refractivity contribution < 1.29 is 6.85 Å². The second-order valence-electron chi connectivity index (χ2n) is 16.5. The van der Waals surface area contributed by atoms with Gasteiger partial charge in [0.2, 0.25) is 0 Å². The molecule has 1 aromatic heterocycles. The van der Waals surface area contributed by atoms with E-state index >= 15 is 0 Å². The van der Waals surface area contributed by atoms with E-state index in [0.717, 1.165) is 72.7 Å². The van der Waals surface area contributed by atoms with Crippen LogP contribution in [0, 0.1) is 0 Å². The number of anilines is 6. The summed E-state index contributed by atoms with van der Waals surface area (Å²) in [7, 11) is 0. The van der Waals surface area contributed by atoms with E-state index in [4.69, 9.17) is 6.85 Å². The molecule has 11 aromatic rings. The van der Waals surface area contributed by atoms with Crippen LogP contribution in [0.2, 0.25) is 0 Å². The molecule has 0 saturated carbocycles. The van der Waals surface area contributed by atoms with Crippen molar-refractivity contribution in [3.8, 4) is 27.9 Å². The van der Waals surface area contributed by atoms with Gasteiger partial charge in [-0.1, -0.05) is 158 Å². The van der Waals surface area contributed by atoms with Crippen molar-refractivity contribution in [2.45, 2.75) is 5.41 Å². The van der Waals surface area contributed by atoms with Crippen LogP contribution in [-0.4, -0.2) is 4.57 Å². The van der Waals surface area contributed by atoms with Gasteiger partial charge in [-0.05, 0) is 135 Å². The van der Waals surface area contributed by atoms with E-state index in [0.29, 0.717) is 11.4 Å². The molecule has 3 nitrogen and oxygen atoms in total. The summed E-state index contributed by atoms with van der Waals surface area (Å²) >= 11 is 0. The van der Waals surface area contributed by atoms with Crippen LogP contribution in [0.3, 0.4) is 0 Å². The average molecular weight is 821 g/mol. The molecule has 0 aliphatic heterocycles. The van der Waals surface area contributed by atoms with Gasteiger partial charge in [0.05, 0.1) is 23.3 Å². The zero-order chi connectivity index (χ0) is 46.5. The standard InChI is InChI=1S/C61H41N3/c1-5-19-42(20-6-1)62(43-21-7-2-8-22-43)47-33-36-51-49-27-13-16-30-55(49)61(58(51)40-47)56-31-17-14-28-50(56)54-39-46(35-38-57(54)61)63(44-23-9-3-10-24-44)48-34-37-53-52-29-15-18-32-59(52)64(60(53)41-48)45-25-11-4-12-26-45/h1-41H/i1D,5D,6D,19D,20D. The van der Waals surface area contributed by atoms with Crippen LogP contribution in [0.4, 0.5) is 34.1 Å². The van der Waals surface area contributed by atoms with Gasteiger partial charge in [-0.3, -0.25) is 0 Å². The summed E-state index contributed by atoms with van der Waals surface area (Å²) in [5.74, 6) is 0. The highest BCUT2D eigenvalue weighted by atomic mass is 15.1. The fourth-order valence-corrected chi connectivity index (χ4v) is 10.7. The number of para-hydroxylation sites is 5. The summed E-state index contributed by atoms with van der Waals surface area (Å²) in [6.07, 6.45) is 0. The van der Waals surface area contributed by atoms with E-state index in [1.807, 2.05) is 41.3 Å². The van der Waals surface area contributed by atoms with Crippen LogP contribution in [-0.2, 0) is 5.41 Å². The minimum atomic E-state index is -0.734. The number of rotatable bonds is 7. The van der Waals surface area contributed by atoms with E-state index in [-0.39, 0.29) is 29.9 Å². The molecule has 2 aliphatic rings. The smallest absolute Gasteiger partial charge is 0.0726 e. The molecule has 0 saturated heterocycles. The normalized spacial score (nSPS) is 15.4. The first-order valence-corrected chi connectivity index (χ1v) is 21.7. The lowest BCUT2D eigenvalue weighted by Crippen LogP contribution is -2.26. The van der Waals surface area contributed by atoms with Gasteiger partial charge in [-0.2, -0.15) is 0 Å². The number of hydrogen-bond donors (Lipinski definition) is 0. The Morgan fingerprint density at radius 2 is 0.828 bits per heavy atom. The summed E-state index contributed by atoms with van der Waals surface area (Å²) in [4.78, 5) is 4.17. The molecule has 3 heteroatoms. The summed E-state index contributed by atoms with van der Waals surface area (Å²) in [5.41, 5.74) is 16.2. The predicted octanol–water partition coefficient (Wildman–Crippen LogP) is 16.1. The van der Waals surface area contributed by atoms with Crippen molar-refractivity contribution in [3.63, 3.8) is 0 Å². The molecule has 0 fully saturated rings. The van der Waals surface area contributed by atoms with Crippen LogP contribution in [0.25, 0.3) is 49.7 Å². The van der Waals surface area contributed by atoms with Crippen molar-refractivity contribution in [1.29, 1.82) is 0 Å². The van der Waals surface area contributed by atoms with Gasteiger partial charge in [0.15, 0.2) is 0 Å². The molecule has 64 heavy (non-hydrogen) atoms.